The Balaban J connectivity index is 2.73. The number of alkyl halides is 6. The molecule has 1 rings (SSSR count). The molecule has 17 heavy (non-hydrogen) atoms. The first-order valence-electron chi connectivity index (χ1n) is 3.84. The van der Waals surface area contributed by atoms with Gasteiger partial charge >= 0.3 is 12.4 Å². The lowest BCUT2D eigenvalue weighted by Crippen LogP contribution is -2.44. The third-order valence-electron chi connectivity index (χ3n) is 1.49. The minimum Gasteiger partial charge on any atom is -0.354 e. The SMILES string of the molecule is FC(F)(F)C(OCc1nnsc1Cl)C(F)(F)F. The van der Waals surface area contributed by atoms with Gasteiger partial charge in [0.2, 0.25) is 6.10 Å². The average Bonchev–Trinajstić information content (AvgIpc) is 2.47. The second-order valence-corrected chi connectivity index (χ2v) is 4.12. The first-order valence-corrected chi connectivity index (χ1v) is 4.99. The fourth-order valence-corrected chi connectivity index (χ4v) is 1.42. The molecule has 0 aliphatic heterocycles. The summed E-state index contributed by atoms with van der Waals surface area (Å²) in [6.07, 6.45) is -15.0. The molecular formula is C6H3ClF6N2OS. The zero-order valence-corrected chi connectivity index (χ0v) is 9.21. The van der Waals surface area contributed by atoms with Crippen LogP contribution in [0.1, 0.15) is 5.69 Å². The van der Waals surface area contributed by atoms with E-state index in [2.05, 4.69) is 14.3 Å². The Morgan fingerprint density at radius 1 is 1.18 bits per heavy atom. The lowest BCUT2D eigenvalue weighted by Gasteiger charge is -2.22. The van der Waals surface area contributed by atoms with Crippen LogP contribution in [-0.2, 0) is 11.3 Å². The quantitative estimate of drug-likeness (QED) is 0.804. The summed E-state index contributed by atoms with van der Waals surface area (Å²) in [6.45, 7) is -1.01. The molecule has 0 atom stereocenters. The lowest BCUT2D eigenvalue weighted by atomic mass is 10.3. The normalized spacial score (nSPS) is 13.4. The standard InChI is InChI=1S/C6H3ClF6N2OS/c7-3-2(14-15-17-3)1-16-4(5(8,9)10)6(11,12)13/h4H,1H2. The second kappa shape index (κ2) is 4.94. The van der Waals surface area contributed by atoms with Gasteiger partial charge in [0.15, 0.2) is 0 Å². The number of rotatable bonds is 3. The Morgan fingerprint density at radius 2 is 1.71 bits per heavy atom. The van der Waals surface area contributed by atoms with E-state index in [0.717, 1.165) is 0 Å². The van der Waals surface area contributed by atoms with E-state index in [1.807, 2.05) is 0 Å². The van der Waals surface area contributed by atoms with Crippen molar-refractivity contribution in [1.82, 2.24) is 9.59 Å². The van der Waals surface area contributed by atoms with Crippen LogP contribution in [0.15, 0.2) is 0 Å². The molecule has 0 N–H and O–H groups in total. The molecule has 0 aromatic carbocycles. The molecule has 0 aliphatic rings. The van der Waals surface area contributed by atoms with E-state index in [1.165, 1.54) is 0 Å². The molecule has 1 aromatic rings. The number of nitrogens with zero attached hydrogens (tertiary/aromatic N) is 2. The van der Waals surface area contributed by atoms with Crippen LogP contribution in [0.4, 0.5) is 26.3 Å². The van der Waals surface area contributed by atoms with E-state index in [0.29, 0.717) is 11.5 Å². The van der Waals surface area contributed by atoms with Gasteiger partial charge in [-0.3, -0.25) is 0 Å². The monoisotopic (exact) mass is 300 g/mol. The zero-order chi connectivity index (χ0) is 13.3. The van der Waals surface area contributed by atoms with E-state index in [9.17, 15) is 26.3 Å². The molecule has 0 bridgehead atoms. The van der Waals surface area contributed by atoms with Crippen LogP contribution in [0.5, 0.6) is 0 Å². The third kappa shape index (κ3) is 3.96. The Bertz CT molecular complexity index is 363. The van der Waals surface area contributed by atoms with Gasteiger partial charge in [0.05, 0.1) is 6.61 Å². The maximum absolute atomic E-state index is 12.0. The van der Waals surface area contributed by atoms with Gasteiger partial charge in [-0.05, 0) is 0 Å². The maximum atomic E-state index is 12.0. The van der Waals surface area contributed by atoms with Crippen LogP contribution in [0.25, 0.3) is 0 Å². The van der Waals surface area contributed by atoms with Gasteiger partial charge in [0.25, 0.3) is 0 Å². The van der Waals surface area contributed by atoms with Crippen LogP contribution >= 0.6 is 23.1 Å². The van der Waals surface area contributed by atoms with E-state index < -0.39 is 25.1 Å². The average molecular weight is 301 g/mol. The number of hydrogen-bond donors (Lipinski definition) is 0. The van der Waals surface area contributed by atoms with Crippen molar-refractivity contribution in [1.29, 1.82) is 0 Å². The fraction of sp³-hybridized carbons (Fsp3) is 0.667. The Hall–Kier alpha value is -0.610. The molecule has 0 amide bonds. The lowest BCUT2D eigenvalue weighted by molar-refractivity contribution is -0.324. The van der Waals surface area contributed by atoms with Crippen LogP contribution < -0.4 is 0 Å². The van der Waals surface area contributed by atoms with Gasteiger partial charge in [-0.1, -0.05) is 16.1 Å². The van der Waals surface area contributed by atoms with Crippen molar-refractivity contribution in [2.24, 2.45) is 0 Å². The van der Waals surface area contributed by atoms with Gasteiger partial charge in [-0.15, -0.1) is 5.10 Å². The summed E-state index contributed by atoms with van der Waals surface area (Å²) in [5.41, 5.74) is -0.268. The van der Waals surface area contributed by atoms with Crippen molar-refractivity contribution in [3.8, 4) is 0 Å². The van der Waals surface area contributed by atoms with E-state index in [4.69, 9.17) is 11.6 Å². The summed E-state index contributed by atoms with van der Waals surface area (Å²) in [6, 6.07) is 0. The highest BCUT2D eigenvalue weighted by molar-refractivity contribution is 7.10. The van der Waals surface area contributed by atoms with Gasteiger partial charge in [0, 0.05) is 11.5 Å². The van der Waals surface area contributed by atoms with E-state index >= 15 is 0 Å². The van der Waals surface area contributed by atoms with Crippen LogP contribution in [0.2, 0.25) is 4.34 Å². The molecular weight excluding hydrogens is 298 g/mol. The topological polar surface area (TPSA) is 35.0 Å². The highest BCUT2D eigenvalue weighted by Gasteiger charge is 2.58. The van der Waals surface area contributed by atoms with Gasteiger partial charge in [0.1, 0.15) is 10.0 Å². The summed E-state index contributed by atoms with van der Waals surface area (Å²) in [5.74, 6) is 0. The van der Waals surface area contributed by atoms with Crippen molar-refractivity contribution in [3.05, 3.63) is 10.0 Å². The number of ether oxygens (including phenoxy) is 1. The minimum absolute atomic E-state index is 0.118. The van der Waals surface area contributed by atoms with Crippen LogP contribution in [0, 0.1) is 0 Å². The van der Waals surface area contributed by atoms with Gasteiger partial charge in [-0.2, -0.15) is 26.3 Å². The Labute approximate surface area is 99.5 Å². The largest absolute Gasteiger partial charge is 0.423 e. The first kappa shape index (κ1) is 14.5. The molecule has 0 spiro atoms. The van der Waals surface area contributed by atoms with Crippen LogP contribution in [-0.4, -0.2) is 28.0 Å². The summed E-state index contributed by atoms with van der Waals surface area (Å²) < 4.78 is 79.1. The molecule has 1 heterocycles. The number of hydrogen-bond acceptors (Lipinski definition) is 4. The summed E-state index contributed by atoms with van der Waals surface area (Å²) >= 11 is 6.04. The molecule has 0 unspecified atom stereocenters. The molecule has 98 valence electrons. The minimum atomic E-state index is -5.55. The van der Waals surface area contributed by atoms with Crippen LogP contribution in [0.3, 0.4) is 0 Å². The van der Waals surface area contributed by atoms with Crippen molar-refractivity contribution < 1.29 is 31.1 Å². The van der Waals surface area contributed by atoms with Crippen molar-refractivity contribution >= 4 is 23.1 Å². The Morgan fingerprint density at radius 3 is 2.06 bits per heavy atom. The molecule has 0 radical (unpaired) electrons. The molecule has 1 aromatic heterocycles. The highest BCUT2D eigenvalue weighted by Crippen LogP contribution is 2.36. The molecule has 0 aliphatic carbocycles. The highest BCUT2D eigenvalue weighted by atomic mass is 35.5. The fourth-order valence-electron chi connectivity index (χ4n) is 0.820. The molecule has 0 saturated carbocycles. The zero-order valence-electron chi connectivity index (χ0n) is 7.64. The second-order valence-electron chi connectivity index (χ2n) is 2.77. The van der Waals surface area contributed by atoms with Gasteiger partial charge < -0.3 is 4.74 Å². The first-order chi connectivity index (χ1) is 7.62. The number of halogens is 7. The van der Waals surface area contributed by atoms with Crippen molar-refractivity contribution in [2.45, 2.75) is 25.1 Å². The molecule has 0 fully saturated rings. The predicted molar refractivity (Wildman–Crippen MR) is 45.6 cm³/mol. The Kier molecular flexibility index (Phi) is 4.20. The van der Waals surface area contributed by atoms with Gasteiger partial charge in [-0.25, -0.2) is 0 Å². The summed E-state index contributed by atoms with van der Waals surface area (Å²) in [7, 11) is 0. The van der Waals surface area contributed by atoms with E-state index in [1.54, 1.807) is 0 Å². The smallest absolute Gasteiger partial charge is 0.354 e. The van der Waals surface area contributed by atoms with E-state index in [-0.39, 0.29) is 10.0 Å². The number of aromatic nitrogens is 2. The molecule has 11 heteroatoms. The maximum Gasteiger partial charge on any atom is 0.423 e. The third-order valence-corrected chi connectivity index (χ3v) is 2.48. The predicted octanol–water partition coefficient (Wildman–Crippen LogP) is 3.20. The molecule has 3 nitrogen and oxygen atoms in total. The van der Waals surface area contributed by atoms with Crippen molar-refractivity contribution in [3.63, 3.8) is 0 Å². The summed E-state index contributed by atoms with van der Waals surface area (Å²) in [5, 5.41) is 3.23. The molecule has 0 saturated heterocycles. The summed E-state index contributed by atoms with van der Waals surface area (Å²) in [4.78, 5) is 0. The van der Waals surface area contributed by atoms with Crippen molar-refractivity contribution in [2.75, 3.05) is 0 Å².